The number of anilines is 1. The number of primary amides is 1. The fourth-order valence-electron chi connectivity index (χ4n) is 4.98. The van der Waals surface area contributed by atoms with Gasteiger partial charge in [-0.2, -0.15) is 0 Å². The molecule has 182 valence electrons. The first kappa shape index (κ1) is 23.3. The summed E-state index contributed by atoms with van der Waals surface area (Å²) in [5.74, 6) is -1.08. The van der Waals surface area contributed by atoms with E-state index in [0.29, 0.717) is 23.5 Å². The van der Waals surface area contributed by atoms with Crippen LogP contribution >= 0.6 is 0 Å². The quantitative estimate of drug-likeness (QED) is 0.576. The first-order valence-electron chi connectivity index (χ1n) is 11.5. The van der Waals surface area contributed by atoms with Crippen LogP contribution in [0.25, 0.3) is 0 Å². The van der Waals surface area contributed by atoms with Gasteiger partial charge in [-0.25, -0.2) is 8.42 Å². The molecule has 1 amide bonds. The van der Waals surface area contributed by atoms with Crippen molar-refractivity contribution in [1.82, 2.24) is 4.98 Å². The first-order valence-corrected chi connectivity index (χ1v) is 12.9. The molecule has 0 fully saturated rings. The third-order valence-electron chi connectivity index (χ3n) is 6.77. The van der Waals surface area contributed by atoms with Crippen LogP contribution in [0.15, 0.2) is 65.7 Å². The molecular weight excluding hydrogens is 466 g/mol. The van der Waals surface area contributed by atoms with E-state index in [1.807, 2.05) is 24.3 Å². The molecule has 0 aliphatic carbocycles. The minimum Gasteiger partial charge on any atom is -0.485 e. The van der Waals surface area contributed by atoms with Crippen molar-refractivity contribution in [3.8, 4) is 5.75 Å². The minimum atomic E-state index is -3.90. The van der Waals surface area contributed by atoms with E-state index in [1.165, 1.54) is 22.6 Å². The highest BCUT2D eigenvalue weighted by molar-refractivity contribution is 7.92. The van der Waals surface area contributed by atoms with Crippen molar-refractivity contribution in [2.75, 3.05) is 10.8 Å². The van der Waals surface area contributed by atoms with E-state index in [-0.39, 0.29) is 16.2 Å². The average molecular weight is 494 g/mol. The Morgan fingerprint density at radius 3 is 2.71 bits per heavy atom. The molecule has 35 heavy (non-hydrogen) atoms. The van der Waals surface area contributed by atoms with Crippen molar-refractivity contribution in [1.29, 1.82) is 0 Å². The van der Waals surface area contributed by atoms with Gasteiger partial charge in [0.1, 0.15) is 17.5 Å². The Morgan fingerprint density at radius 2 is 1.94 bits per heavy atom. The molecule has 8 nitrogen and oxygen atoms in total. The Labute approximate surface area is 204 Å². The molecular formula is C26H27N3O5S. The summed E-state index contributed by atoms with van der Waals surface area (Å²) in [5, 5.41) is 11.3. The Kier molecular flexibility index (Phi) is 5.56. The van der Waals surface area contributed by atoms with E-state index in [2.05, 4.69) is 4.98 Å². The van der Waals surface area contributed by atoms with Crippen molar-refractivity contribution < 1.29 is 23.1 Å². The SMILES string of the molecule is CC1(C)Oc2ccc(S(=O)(=O)N3CCCc4ccccc43)cc2C(c2ncccc2C(N)=O)C1O. The van der Waals surface area contributed by atoms with Gasteiger partial charge in [0.2, 0.25) is 0 Å². The summed E-state index contributed by atoms with van der Waals surface area (Å²) < 4.78 is 35.1. The highest BCUT2D eigenvalue weighted by Crippen LogP contribution is 2.46. The van der Waals surface area contributed by atoms with E-state index < -0.39 is 33.6 Å². The van der Waals surface area contributed by atoms with Gasteiger partial charge in [-0.1, -0.05) is 18.2 Å². The predicted molar refractivity (Wildman–Crippen MR) is 131 cm³/mol. The molecule has 5 rings (SSSR count). The number of nitrogens with two attached hydrogens (primary N) is 1. The van der Waals surface area contributed by atoms with E-state index in [0.717, 1.165) is 18.4 Å². The van der Waals surface area contributed by atoms with Gasteiger partial charge in [0.15, 0.2) is 0 Å². The number of rotatable bonds is 4. The zero-order chi connectivity index (χ0) is 25.0. The number of aromatic nitrogens is 1. The molecule has 0 radical (unpaired) electrons. The second kappa shape index (κ2) is 8.35. The van der Waals surface area contributed by atoms with E-state index in [9.17, 15) is 18.3 Å². The lowest BCUT2D eigenvalue weighted by atomic mass is 9.78. The number of ether oxygens (including phenoxy) is 1. The average Bonchev–Trinajstić information content (AvgIpc) is 2.84. The number of fused-ring (bicyclic) bond motifs is 2. The van der Waals surface area contributed by atoms with Gasteiger partial charge in [0.05, 0.1) is 27.8 Å². The van der Waals surface area contributed by atoms with Crippen molar-refractivity contribution in [2.45, 2.75) is 49.2 Å². The van der Waals surface area contributed by atoms with Gasteiger partial charge in [0, 0.05) is 18.3 Å². The smallest absolute Gasteiger partial charge is 0.264 e. The molecule has 2 atom stereocenters. The number of benzene rings is 2. The van der Waals surface area contributed by atoms with Gasteiger partial charge in [0.25, 0.3) is 15.9 Å². The molecule has 0 spiro atoms. The second-order valence-electron chi connectivity index (χ2n) is 9.44. The molecule has 2 unspecified atom stereocenters. The summed E-state index contributed by atoms with van der Waals surface area (Å²) in [7, 11) is -3.90. The number of carbonyl (C=O) groups excluding carboxylic acids is 1. The molecule has 0 saturated carbocycles. The predicted octanol–water partition coefficient (Wildman–Crippen LogP) is 2.99. The number of amides is 1. The van der Waals surface area contributed by atoms with Gasteiger partial charge >= 0.3 is 0 Å². The molecule has 2 aliphatic rings. The summed E-state index contributed by atoms with van der Waals surface area (Å²) in [4.78, 5) is 16.6. The van der Waals surface area contributed by atoms with Crippen molar-refractivity contribution in [3.63, 3.8) is 0 Å². The molecule has 0 saturated heterocycles. The van der Waals surface area contributed by atoms with Gasteiger partial charge in [-0.15, -0.1) is 0 Å². The summed E-state index contributed by atoms with van der Waals surface area (Å²) in [6.45, 7) is 3.84. The van der Waals surface area contributed by atoms with E-state index >= 15 is 0 Å². The highest BCUT2D eigenvalue weighted by Gasteiger charge is 2.46. The van der Waals surface area contributed by atoms with Crippen LogP contribution < -0.4 is 14.8 Å². The molecule has 2 aliphatic heterocycles. The Hall–Kier alpha value is -3.43. The summed E-state index contributed by atoms with van der Waals surface area (Å²) in [6, 6.07) is 15.3. The van der Waals surface area contributed by atoms with Crippen molar-refractivity contribution >= 4 is 21.6 Å². The summed E-state index contributed by atoms with van der Waals surface area (Å²) in [6.07, 6.45) is 1.94. The van der Waals surface area contributed by atoms with Crippen LogP contribution in [0.5, 0.6) is 5.75 Å². The number of sulfonamides is 1. The third-order valence-corrected chi connectivity index (χ3v) is 8.58. The van der Waals surface area contributed by atoms with E-state index in [4.69, 9.17) is 10.5 Å². The summed E-state index contributed by atoms with van der Waals surface area (Å²) >= 11 is 0. The van der Waals surface area contributed by atoms with Crippen LogP contribution in [0.2, 0.25) is 0 Å². The summed E-state index contributed by atoms with van der Waals surface area (Å²) in [5.41, 5.74) is 7.12. The molecule has 0 bridgehead atoms. The topological polar surface area (TPSA) is 123 Å². The maximum atomic E-state index is 13.8. The van der Waals surface area contributed by atoms with Crippen LogP contribution in [-0.4, -0.2) is 42.7 Å². The Morgan fingerprint density at radius 1 is 1.17 bits per heavy atom. The number of aliphatic hydroxyl groups excluding tert-OH is 1. The monoisotopic (exact) mass is 493 g/mol. The van der Waals surface area contributed by atoms with E-state index in [1.54, 1.807) is 32.0 Å². The molecule has 2 aromatic carbocycles. The van der Waals surface area contributed by atoms with Gasteiger partial charge < -0.3 is 15.6 Å². The standard InChI is InChI=1S/C26H27N3O5S/c1-26(2)24(30)22(23-18(25(27)31)9-5-13-28-23)19-15-17(11-12-21(19)34-26)35(32,33)29-14-6-8-16-7-3-4-10-20(16)29/h3-5,7,9-13,15,22,24,30H,6,8,14H2,1-2H3,(H2,27,31). The number of para-hydroxylation sites is 1. The van der Waals surface area contributed by atoms with Gasteiger partial charge in [-0.05, 0) is 68.7 Å². The number of carbonyl (C=O) groups is 1. The molecule has 3 heterocycles. The third kappa shape index (κ3) is 3.84. The molecule has 1 aromatic heterocycles. The normalized spacial score (nSPS) is 20.9. The van der Waals surface area contributed by atoms with Crippen molar-refractivity contribution in [3.05, 3.63) is 83.2 Å². The molecule has 9 heteroatoms. The second-order valence-corrected chi connectivity index (χ2v) is 11.3. The van der Waals surface area contributed by atoms with Gasteiger partial charge in [-0.3, -0.25) is 14.1 Å². The fraction of sp³-hybridized carbons (Fsp3) is 0.308. The Balaban J connectivity index is 1.67. The van der Waals surface area contributed by atoms with Crippen LogP contribution in [0.1, 0.15) is 53.4 Å². The maximum absolute atomic E-state index is 13.8. The lowest BCUT2D eigenvalue weighted by Gasteiger charge is -2.42. The van der Waals surface area contributed by atoms with Crippen LogP contribution in [0.3, 0.4) is 0 Å². The minimum absolute atomic E-state index is 0.0741. The lowest BCUT2D eigenvalue weighted by molar-refractivity contribution is -0.0519. The number of pyridine rings is 1. The fourth-order valence-corrected chi connectivity index (χ4v) is 6.56. The van der Waals surface area contributed by atoms with Crippen molar-refractivity contribution in [2.24, 2.45) is 5.73 Å². The number of hydrogen-bond acceptors (Lipinski definition) is 6. The first-order chi connectivity index (χ1) is 16.6. The number of aryl methyl sites for hydroxylation is 1. The lowest BCUT2D eigenvalue weighted by Crippen LogP contribution is -2.49. The Bertz CT molecular complexity index is 1420. The largest absolute Gasteiger partial charge is 0.485 e. The van der Waals surface area contributed by atoms with Crippen LogP contribution in [0, 0.1) is 0 Å². The zero-order valence-corrected chi connectivity index (χ0v) is 20.3. The molecule has 3 N–H and O–H groups in total. The number of hydrogen-bond donors (Lipinski definition) is 2. The molecule has 3 aromatic rings. The zero-order valence-electron chi connectivity index (χ0n) is 19.5. The van der Waals surface area contributed by atoms with Crippen LogP contribution in [-0.2, 0) is 16.4 Å². The van der Waals surface area contributed by atoms with Crippen LogP contribution in [0.4, 0.5) is 5.69 Å². The number of aliphatic hydroxyl groups is 1. The highest BCUT2D eigenvalue weighted by atomic mass is 32.2. The number of nitrogens with zero attached hydrogens (tertiary/aromatic N) is 2. The maximum Gasteiger partial charge on any atom is 0.264 e.